The molecule has 26 heavy (non-hydrogen) atoms. The molecule has 0 bridgehead atoms. The van der Waals surface area contributed by atoms with Crippen molar-refractivity contribution in [1.29, 1.82) is 0 Å². The quantitative estimate of drug-likeness (QED) is 0.450. The standard InChI is InChI=1S/C19H25N3O2S2/c1-20-19(22-17-9-12-26(23,24)14-17)21-10-11-25-13-16-7-4-6-15-5-2-3-8-18(15)16/h2-8,17H,9-14H2,1H3,(H2,20,21,22). The van der Waals surface area contributed by atoms with Crippen LogP contribution in [0.2, 0.25) is 0 Å². The molecule has 1 saturated heterocycles. The Hall–Kier alpha value is -1.73. The lowest BCUT2D eigenvalue weighted by molar-refractivity contribution is 0.599. The third-order valence-electron chi connectivity index (χ3n) is 4.47. The van der Waals surface area contributed by atoms with Crippen LogP contribution in [-0.4, -0.2) is 51.3 Å². The van der Waals surface area contributed by atoms with Crippen LogP contribution < -0.4 is 10.6 Å². The fraction of sp³-hybridized carbons (Fsp3) is 0.421. The van der Waals surface area contributed by atoms with E-state index in [1.807, 2.05) is 11.8 Å². The highest BCUT2D eigenvalue weighted by Gasteiger charge is 2.28. The number of rotatable bonds is 6. The molecule has 0 saturated carbocycles. The van der Waals surface area contributed by atoms with Crippen molar-refractivity contribution < 1.29 is 8.42 Å². The highest BCUT2D eigenvalue weighted by atomic mass is 32.2. The minimum absolute atomic E-state index is 0.0328. The molecule has 3 rings (SSSR count). The van der Waals surface area contributed by atoms with Crippen molar-refractivity contribution in [1.82, 2.24) is 10.6 Å². The fourth-order valence-corrected chi connectivity index (χ4v) is 5.67. The van der Waals surface area contributed by atoms with E-state index < -0.39 is 9.84 Å². The number of nitrogens with zero attached hydrogens (tertiary/aromatic N) is 1. The van der Waals surface area contributed by atoms with E-state index >= 15 is 0 Å². The van der Waals surface area contributed by atoms with Crippen LogP contribution in [0.3, 0.4) is 0 Å². The number of hydrogen-bond acceptors (Lipinski definition) is 4. The first kappa shape index (κ1) is 19.0. The number of hydrogen-bond donors (Lipinski definition) is 2. The van der Waals surface area contributed by atoms with Crippen LogP contribution in [0.15, 0.2) is 47.5 Å². The van der Waals surface area contributed by atoms with E-state index in [9.17, 15) is 8.42 Å². The Balaban J connectivity index is 1.42. The Morgan fingerprint density at radius 1 is 1.23 bits per heavy atom. The highest BCUT2D eigenvalue weighted by Crippen LogP contribution is 2.22. The number of fused-ring (bicyclic) bond motifs is 1. The third-order valence-corrected chi connectivity index (χ3v) is 7.25. The Morgan fingerprint density at radius 2 is 2.04 bits per heavy atom. The van der Waals surface area contributed by atoms with E-state index in [2.05, 4.69) is 58.1 Å². The van der Waals surface area contributed by atoms with Crippen LogP contribution >= 0.6 is 11.8 Å². The van der Waals surface area contributed by atoms with Gasteiger partial charge in [0.1, 0.15) is 0 Å². The van der Waals surface area contributed by atoms with Gasteiger partial charge in [-0.3, -0.25) is 4.99 Å². The smallest absolute Gasteiger partial charge is 0.191 e. The van der Waals surface area contributed by atoms with Crippen LogP contribution in [0.4, 0.5) is 0 Å². The molecule has 2 aromatic rings. The molecule has 0 amide bonds. The largest absolute Gasteiger partial charge is 0.356 e. The summed E-state index contributed by atoms with van der Waals surface area (Å²) in [5.41, 5.74) is 1.35. The molecule has 2 aromatic carbocycles. The Bertz CT molecular complexity index is 876. The second kappa shape index (κ2) is 8.77. The van der Waals surface area contributed by atoms with Crippen LogP contribution in [0, 0.1) is 0 Å². The minimum Gasteiger partial charge on any atom is -0.356 e. The summed E-state index contributed by atoms with van der Waals surface area (Å²) in [5.74, 6) is 3.06. The predicted molar refractivity (Wildman–Crippen MR) is 112 cm³/mol. The van der Waals surface area contributed by atoms with Crippen molar-refractivity contribution >= 4 is 38.3 Å². The number of benzene rings is 2. The lowest BCUT2D eigenvalue weighted by atomic mass is 10.1. The first-order chi connectivity index (χ1) is 12.6. The molecule has 0 aromatic heterocycles. The fourth-order valence-electron chi connectivity index (χ4n) is 3.14. The summed E-state index contributed by atoms with van der Waals surface area (Å²) in [4.78, 5) is 4.19. The first-order valence-corrected chi connectivity index (χ1v) is 11.8. The summed E-state index contributed by atoms with van der Waals surface area (Å²) in [6.07, 6.45) is 0.652. The van der Waals surface area contributed by atoms with Gasteiger partial charge in [0.2, 0.25) is 0 Å². The van der Waals surface area contributed by atoms with Gasteiger partial charge in [0, 0.05) is 31.1 Å². The van der Waals surface area contributed by atoms with Gasteiger partial charge in [-0.25, -0.2) is 8.42 Å². The van der Waals surface area contributed by atoms with Gasteiger partial charge in [0.25, 0.3) is 0 Å². The Labute approximate surface area is 159 Å². The van der Waals surface area contributed by atoms with Gasteiger partial charge in [-0.15, -0.1) is 0 Å². The summed E-state index contributed by atoms with van der Waals surface area (Å²) in [6.45, 7) is 0.786. The molecule has 1 atom stereocenters. The summed E-state index contributed by atoms with van der Waals surface area (Å²) in [6, 6.07) is 14.9. The highest BCUT2D eigenvalue weighted by molar-refractivity contribution is 7.98. The third kappa shape index (κ3) is 5.14. The van der Waals surface area contributed by atoms with E-state index in [1.54, 1.807) is 7.05 Å². The molecule has 1 aliphatic rings. The Morgan fingerprint density at radius 3 is 2.81 bits per heavy atom. The SMILES string of the molecule is CN=C(NCCSCc1cccc2ccccc12)NC1CCS(=O)(=O)C1. The van der Waals surface area contributed by atoms with Gasteiger partial charge in [-0.2, -0.15) is 11.8 Å². The number of sulfone groups is 1. The zero-order chi connectivity index (χ0) is 18.4. The van der Waals surface area contributed by atoms with E-state index in [0.29, 0.717) is 12.4 Å². The van der Waals surface area contributed by atoms with E-state index in [1.165, 1.54) is 16.3 Å². The van der Waals surface area contributed by atoms with Gasteiger partial charge < -0.3 is 10.6 Å². The van der Waals surface area contributed by atoms with Gasteiger partial charge >= 0.3 is 0 Å². The average Bonchev–Trinajstić information content (AvgIpc) is 2.99. The molecule has 0 radical (unpaired) electrons. The van der Waals surface area contributed by atoms with E-state index in [4.69, 9.17) is 0 Å². The first-order valence-electron chi connectivity index (χ1n) is 8.79. The van der Waals surface area contributed by atoms with Gasteiger partial charge in [0.15, 0.2) is 15.8 Å². The van der Waals surface area contributed by atoms with Gasteiger partial charge in [0.05, 0.1) is 11.5 Å². The maximum absolute atomic E-state index is 11.5. The summed E-state index contributed by atoms with van der Waals surface area (Å²) >= 11 is 1.87. The summed E-state index contributed by atoms with van der Waals surface area (Å²) in [5, 5.41) is 9.07. The number of guanidine groups is 1. The van der Waals surface area contributed by atoms with Crippen LogP contribution in [-0.2, 0) is 15.6 Å². The van der Waals surface area contributed by atoms with Crippen molar-refractivity contribution in [2.24, 2.45) is 4.99 Å². The van der Waals surface area contributed by atoms with E-state index in [0.717, 1.165) is 18.1 Å². The zero-order valence-electron chi connectivity index (χ0n) is 14.9. The van der Waals surface area contributed by atoms with Crippen molar-refractivity contribution in [2.75, 3.05) is 30.9 Å². The second-order valence-electron chi connectivity index (χ2n) is 6.43. The Kier molecular flexibility index (Phi) is 6.43. The van der Waals surface area contributed by atoms with Crippen LogP contribution in [0.1, 0.15) is 12.0 Å². The number of thioether (sulfide) groups is 1. The number of aliphatic imine (C=N–C) groups is 1. The summed E-state index contributed by atoms with van der Waals surface area (Å²) in [7, 11) is -1.17. The maximum Gasteiger partial charge on any atom is 0.191 e. The molecule has 1 heterocycles. The number of nitrogens with one attached hydrogen (secondary N) is 2. The van der Waals surface area contributed by atoms with Gasteiger partial charge in [-0.1, -0.05) is 42.5 Å². The van der Waals surface area contributed by atoms with Crippen LogP contribution in [0.25, 0.3) is 10.8 Å². The monoisotopic (exact) mass is 391 g/mol. The molecule has 0 aliphatic carbocycles. The normalized spacial score (nSPS) is 19.6. The molecule has 0 spiro atoms. The zero-order valence-corrected chi connectivity index (χ0v) is 16.6. The molecule has 140 valence electrons. The van der Waals surface area contributed by atoms with Crippen molar-refractivity contribution in [3.05, 3.63) is 48.0 Å². The molecule has 5 nitrogen and oxygen atoms in total. The lowest BCUT2D eigenvalue weighted by Gasteiger charge is -2.16. The minimum atomic E-state index is -2.88. The average molecular weight is 392 g/mol. The molecule has 1 unspecified atom stereocenters. The maximum atomic E-state index is 11.5. The molecule has 1 fully saturated rings. The van der Waals surface area contributed by atoms with Gasteiger partial charge in [-0.05, 0) is 22.8 Å². The predicted octanol–water partition coefficient (Wildman–Crippen LogP) is 2.43. The molecular weight excluding hydrogens is 366 g/mol. The molecule has 1 aliphatic heterocycles. The van der Waals surface area contributed by atoms with Crippen molar-refractivity contribution in [3.63, 3.8) is 0 Å². The second-order valence-corrected chi connectivity index (χ2v) is 9.77. The van der Waals surface area contributed by atoms with Crippen LogP contribution in [0.5, 0.6) is 0 Å². The lowest BCUT2D eigenvalue weighted by Crippen LogP contribution is -2.44. The van der Waals surface area contributed by atoms with E-state index in [-0.39, 0.29) is 17.5 Å². The summed E-state index contributed by atoms with van der Waals surface area (Å²) < 4.78 is 23.1. The topological polar surface area (TPSA) is 70.6 Å². The molecular formula is C19H25N3O2S2. The molecule has 7 heteroatoms. The van der Waals surface area contributed by atoms with Crippen molar-refractivity contribution in [2.45, 2.75) is 18.2 Å². The van der Waals surface area contributed by atoms with Crippen molar-refractivity contribution in [3.8, 4) is 0 Å². The molecule has 2 N–H and O–H groups in total.